The van der Waals surface area contributed by atoms with Crippen molar-refractivity contribution in [3.8, 4) is 0 Å². The Labute approximate surface area is 93.1 Å². The van der Waals surface area contributed by atoms with Gasteiger partial charge in [-0.25, -0.2) is 0 Å². The van der Waals surface area contributed by atoms with Gasteiger partial charge >= 0.3 is 0 Å². The predicted molar refractivity (Wildman–Crippen MR) is 60.2 cm³/mol. The molecule has 0 aromatic carbocycles. The number of aryl methyl sites for hydroxylation is 1. The van der Waals surface area contributed by atoms with Gasteiger partial charge in [0, 0.05) is 5.38 Å². The minimum Gasteiger partial charge on any atom is -0.394 e. The largest absolute Gasteiger partial charge is 0.394 e. The third-order valence-corrected chi connectivity index (χ3v) is 3.95. The number of hydrogen-bond donors (Lipinski definition) is 2. The molecule has 1 aromatic rings. The average Bonchev–Trinajstić information content (AvgIpc) is 2.58. The molecule has 82 valence electrons. The number of thiophene rings is 1. The van der Waals surface area contributed by atoms with Gasteiger partial charge in [-0.1, -0.05) is 0 Å². The van der Waals surface area contributed by atoms with Crippen LogP contribution in [0.15, 0.2) is 10.8 Å². The van der Waals surface area contributed by atoms with Gasteiger partial charge in [0.05, 0.1) is 17.7 Å². The Bertz CT molecular complexity index is 363. The second kappa shape index (κ2) is 3.94. The zero-order chi connectivity index (χ0) is 10.9. The molecule has 1 aliphatic rings. The summed E-state index contributed by atoms with van der Waals surface area (Å²) in [5.41, 5.74) is 1.40. The van der Waals surface area contributed by atoms with Crippen LogP contribution in [0.4, 0.5) is 0 Å². The molecular formula is C11H15NO2S. The van der Waals surface area contributed by atoms with Gasteiger partial charge in [-0.05, 0) is 37.1 Å². The molecule has 15 heavy (non-hydrogen) atoms. The zero-order valence-electron chi connectivity index (χ0n) is 8.75. The van der Waals surface area contributed by atoms with Crippen LogP contribution in [0, 0.1) is 6.92 Å². The van der Waals surface area contributed by atoms with E-state index in [2.05, 4.69) is 5.32 Å². The summed E-state index contributed by atoms with van der Waals surface area (Å²) in [6.45, 7) is 1.97. The molecule has 2 rings (SSSR count). The summed E-state index contributed by atoms with van der Waals surface area (Å²) in [7, 11) is 0. The van der Waals surface area contributed by atoms with E-state index in [0.29, 0.717) is 0 Å². The van der Waals surface area contributed by atoms with Gasteiger partial charge in [0.15, 0.2) is 0 Å². The highest BCUT2D eigenvalue weighted by Crippen LogP contribution is 2.31. The molecule has 0 bridgehead atoms. The summed E-state index contributed by atoms with van der Waals surface area (Å²) >= 11 is 1.53. The van der Waals surface area contributed by atoms with Gasteiger partial charge in [-0.15, -0.1) is 0 Å². The molecule has 0 radical (unpaired) electrons. The summed E-state index contributed by atoms with van der Waals surface area (Å²) in [5.74, 6) is -0.0532. The van der Waals surface area contributed by atoms with Gasteiger partial charge in [0.2, 0.25) is 0 Å². The van der Waals surface area contributed by atoms with Gasteiger partial charge in [0.25, 0.3) is 5.91 Å². The van der Waals surface area contributed by atoms with Crippen LogP contribution in [0.3, 0.4) is 0 Å². The maximum Gasteiger partial charge on any atom is 0.252 e. The van der Waals surface area contributed by atoms with E-state index in [4.69, 9.17) is 0 Å². The van der Waals surface area contributed by atoms with E-state index in [-0.39, 0.29) is 18.1 Å². The molecule has 1 amide bonds. The Kier molecular flexibility index (Phi) is 2.80. The zero-order valence-corrected chi connectivity index (χ0v) is 9.56. The third-order valence-electron chi connectivity index (χ3n) is 3.09. The minimum atomic E-state index is -0.342. The van der Waals surface area contributed by atoms with E-state index in [9.17, 15) is 9.90 Å². The van der Waals surface area contributed by atoms with Crippen LogP contribution in [-0.2, 0) is 0 Å². The fraction of sp³-hybridized carbons (Fsp3) is 0.545. The van der Waals surface area contributed by atoms with Gasteiger partial charge < -0.3 is 10.4 Å². The molecule has 2 N–H and O–H groups in total. The van der Waals surface area contributed by atoms with Crippen molar-refractivity contribution in [1.29, 1.82) is 0 Å². The van der Waals surface area contributed by atoms with Crippen molar-refractivity contribution in [2.75, 3.05) is 6.61 Å². The fourth-order valence-corrected chi connectivity index (χ4v) is 2.66. The smallest absolute Gasteiger partial charge is 0.252 e. The van der Waals surface area contributed by atoms with Crippen LogP contribution < -0.4 is 5.32 Å². The molecular weight excluding hydrogens is 210 g/mol. The standard InChI is InChI=1S/C11H15NO2S/c1-8-5-15-6-9(8)10(14)12-11(7-13)3-2-4-11/h5-6,13H,2-4,7H2,1H3,(H,12,14). The van der Waals surface area contributed by atoms with E-state index in [0.717, 1.165) is 30.4 Å². The minimum absolute atomic E-state index is 0.0436. The lowest BCUT2D eigenvalue weighted by atomic mass is 9.77. The molecule has 0 saturated heterocycles. The summed E-state index contributed by atoms with van der Waals surface area (Å²) < 4.78 is 0. The van der Waals surface area contributed by atoms with E-state index in [1.807, 2.05) is 17.7 Å². The van der Waals surface area contributed by atoms with Crippen molar-refractivity contribution in [3.63, 3.8) is 0 Å². The Morgan fingerprint density at radius 2 is 2.33 bits per heavy atom. The highest BCUT2D eigenvalue weighted by molar-refractivity contribution is 7.08. The number of nitrogens with one attached hydrogen (secondary N) is 1. The third kappa shape index (κ3) is 1.92. The Morgan fingerprint density at radius 1 is 1.60 bits per heavy atom. The lowest BCUT2D eigenvalue weighted by Crippen LogP contribution is -2.56. The molecule has 1 aromatic heterocycles. The Hall–Kier alpha value is -0.870. The normalized spacial score (nSPS) is 18.3. The van der Waals surface area contributed by atoms with Crippen LogP contribution in [0.25, 0.3) is 0 Å². The molecule has 0 atom stereocenters. The summed E-state index contributed by atoms with van der Waals surface area (Å²) in [6.07, 6.45) is 2.86. The SMILES string of the molecule is Cc1cscc1C(=O)NC1(CO)CCC1. The maximum absolute atomic E-state index is 11.9. The molecule has 0 spiro atoms. The van der Waals surface area contributed by atoms with Crippen LogP contribution >= 0.6 is 11.3 Å². The quantitative estimate of drug-likeness (QED) is 0.822. The highest BCUT2D eigenvalue weighted by atomic mass is 32.1. The number of amides is 1. The summed E-state index contributed by atoms with van der Waals surface area (Å²) in [4.78, 5) is 11.9. The molecule has 0 aliphatic heterocycles. The van der Waals surface area contributed by atoms with Crippen LogP contribution in [0.5, 0.6) is 0 Å². The number of rotatable bonds is 3. The van der Waals surface area contributed by atoms with Crippen molar-refractivity contribution in [3.05, 3.63) is 21.9 Å². The fourth-order valence-electron chi connectivity index (χ4n) is 1.83. The van der Waals surface area contributed by atoms with Crippen LogP contribution in [-0.4, -0.2) is 23.2 Å². The first-order chi connectivity index (χ1) is 7.17. The van der Waals surface area contributed by atoms with E-state index < -0.39 is 0 Å². The van der Waals surface area contributed by atoms with Gasteiger partial charge in [-0.2, -0.15) is 11.3 Å². The van der Waals surface area contributed by atoms with Gasteiger partial charge in [-0.3, -0.25) is 4.79 Å². The Morgan fingerprint density at radius 3 is 2.73 bits per heavy atom. The summed E-state index contributed by atoms with van der Waals surface area (Å²) in [5, 5.41) is 16.0. The number of hydrogen-bond acceptors (Lipinski definition) is 3. The van der Waals surface area contributed by atoms with Crippen molar-refractivity contribution in [2.45, 2.75) is 31.7 Å². The average molecular weight is 225 g/mol. The van der Waals surface area contributed by atoms with Crippen molar-refractivity contribution >= 4 is 17.2 Å². The first-order valence-electron chi connectivity index (χ1n) is 5.13. The maximum atomic E-state index is 11.9. The lowest BCUT2D eigenvalue weighted by Gasteiger charge is -2.40. The number of carbonyl (C=O) groups excluding carboxylic acids is 1. The number of carbonyl (C=O) groups is 1. The number of aliphatic hydroxyl groups is 1. The molecule has 4 heteroatoms. The van der Waals surface area contributed by atoms with Crippen molar-refractivity contribution in [2.24, 2.45) is 0 Å². The molecule has 1 saturated carbocycles. The Balaban J connectivity index is 2.07. The molecule has 1 fully saturated rings. The molecule has 0 unspecified atom stereocenters. The predicted octanol–water partition coefficient (Wildman–Crippen LogP) is 1.70. The van der Waals surface area contributed by atoms with Crippen LogP contribution in [0.2, 0.25) is 0 Å². The first kappa shape index (κ1) is 10.6. The summed E-state index contributed by atoms with van der Waals surface area (Å²) in [6, 6.07) is 0. The molecule has 3 nitrogen and oxygen atoms in total. The van der Waals surface area contributed by atoms with Gasteiger partial charge in [0.1, 0.15) is 0 Å². The second-order valence-electron chi connectivity index (χ2n) is 4.21. The highest BCUT2D eigenvalue weighted by Gasteiger charge is 2.38. The topological polar surface area (TPSA) is 49.3 Å². The first-order valence-corrected chi connectivity index (χ1v) is 6.07. The van der Waals surface area contributed by atoms with Crippen LogP contribution in [0.1, 0.15) is 35.2 Å². The van der Waals surface area contributed by atoms with E-state index in [1.54, 1.807) is 0 Å². The lowest BCUT2D eigenvalue weighted by molar-refractivity contribution is 0.0641. The monoisotopic (exact) mass is 225 g/mol. The molecule has 1 aliphatic carbocycles. The van der Waals surface area contributed by atoms with E-state index in [1.165, 1.54) is 11.3 Å². The van der Waals surface area contributed by atoms with Crippen molar-refractivity contribution < 1.29 is 9.90 Å². The van der Waals surface area contributed by atoms with E-state index >= 15 is 0 Å². The molecule has 1 heterocycles. The van der Waals surface area contributed by atoms with Crippen molar-refractivity contribution in [1.82, 2.24) is 5.32 Å². The number of aliphatic hydroxyl groups excluding tert-OH is 1. The second-order valence-corrected chi connectivity index (χ2v) is 4.96.